The zero-order chi connectivity index (χ0) is 10.7. The summed E-state index contributed by atoms with van der Waals surface area (Å²) < 4.78 is 0. The fourth-order valence-electron chi connectivity index (χ4n) is 1.02. The number of hydrogen-bond acceptors (Lipinski definition) is 4. The molecule has 0 unspecified atom stereocenters. The number of hydrogen-bond donors (Lipinski definition) is 2. The van der Waals surface area contributed by atoms with Gasteiger partial charge in [0.2, 0.25) is 0 Å². The summed E-state index contributed by atoms with van der Waals surface area (Å²) >= 11 is 5.88. The zero-order valence-electron chi connectivity index (χ0n) is 8.63. The molecule has 0 bridgehead atoms. The van der Waals surface area contributed by atoms with Crippen LogP contribution in [0.1, 0.15) is 32.5 Å². The van der Waals surface area contributed by atoms with Crippen LogP contribution in [-0.4, -0.2) is 16.5 Å². The van der Waals surface area contributed by atoms with Crippen molar-refractivity contribution in [2.45, 2.75) is 26.7 Å². The van der Waals surface area contributed by atoms with Crippen LogP contribution in [0.4, 0.5) is 11.5 Å². The standard InChI is InChI=1S/C9H15ClN4/c1-4-12-9-6(11)7(10)13-8(14-9)5(2)3/h5H,4,11H2,1-3H3,(H,12,13,14). The minimum Gasteiger partial charge on any atom is -0.393 e. The molecule has 0 spiro atoms. The molecule has 1 aromatic heterocycles. The maximum Gasteiger partial charge on any atom is 0.157 e. The van der Waals surface area contributed by atoms with Crippen LogP contribution in [0.3, 0.4) is 0 Å². The van der Waals surface area contributed by atoms with Crippen molar-refractivity contribution in [2.75, 3.05) is 17.6 Å². The van der Waals surface area contributed by atoms with E-state index < -0.39 is 0 Å². The Hall–Kier alpha value is -1.03. The first kappa shape index (κ1) is 11.0. The highest BCUT2D eigenvalue weighted by atomic mass is 35.5. The molecule has 4 nitrogen and oxygen atoms in total. The fourth-order valence-corrected chi connectivity index (χ4v) is 1.19. The quantitative estimate of drug-likeness (QED) is 0.758. The fraction of sp³-hybridized carbons (Fsp3) is 0.556. The zero-order valence-corrected chi connectivity index (χ0v) is 9.39. The van der Waals surface area contributed by atoms with Crippen LogP contribution in [0.5, 0.6) is 0 Å². The Morgan fingerprint density at radius 1 is 1.43 bits per heavy atom. The summed E-state index contributed by atoms with van der Waals surface area (Å²) in [5.74, 6) is 1.57. The third kappa shape index (κ3) is 2.26. The second-order valence-electron chi connectivity index (χ2n) is 3.32. The van der Waals surface area contributed by atoms with Crippen LogP contribution >= 0.6 is 11.6 Å². The average molecular weight is 215 g/mol. The van der Waals surface area contributed by atoms with Gasteiger partial charge in [0.15, 0.2) is 11.0 Å². The molecular weight excluding hydrogens is 200 g/mol. The van der Waals surface area contributed by atoms with E-state index in [9.17, 15) is 0 Å². The maximum atomic E-state index is 5.88. The van der Waals surface area contributed by atoms with E-state index in [4.69, 9.17) is 17.3 Å². The van der Waals surface area contributed by atoms with E-state index in [1.54, 1.807) is 0 Å². The lowest BCUT2D eigenvalue weighted by Gasteiger charge is -2.11. The van der Waals surface area contributed by atoms with Crippen molar-refractivity contribution >= 4 is 23.1 Å². The molecule has 14 heavy (non-hydrogen) atoms. The Morgan fingerprint density at radius 2 is 2.07 bits per heavy atom. The van der Waals surface area contributed by atoms with E-state index in [2.05, 4.69) is 15.3 Å². The number of rotatable bonds is 3. The molecule has 1 heterocycles. The first-order valence-electron chi connectivity index (χ1n) is 4.63. The Morgan fingerprint density at radius 3 is 2.57 bits per heavy atom. The van der Waals surface area contributed by atoms with Crippen molar-refractivity contribution in [3.63, 3.8) is 0 Å². The van der Waals surface area contributed by atoms with Crippen molar-refractivity contribution in [1.29, 1.82) is 0 Å². The molecule has 0 radical (unpaired) electrons. The number of anilines is 2. The predicted octanol–water partition coefficient (Wildman–Crippen LogP) is 2.27. The summed E-state index contributed by atoms with van der Waals surface area (Å²) in [6, 6.07) is 0. The third-order valence-electron chi connectivity index (χ3n) is 1.78. The molecule has 1 rings (SSSR count). The molecule has 0 aliphatic heterocycles. The van der Waals surface area contributed by atoms with E-state index in [0.29, 0.717) is 22.5 Å². The molecule has 0 fully saturated rings. The Bertz CT molecular complexity index is 325. The molecule has 0 aromatic carbocycles. The number of nitrogen functional groups attached to an aromatic ring is 1. The topological polar surface area (TPSA) is 63.8 Å². The van der Waals surface area contributed by atoms with Crippen LogP contribution in [0.15, 0.2) is 0 Å². The van der Waals surface area contributed by atoms with Gasteiger partial charge in [0.1, 0.15) is 11.5 Å². The molecule has 1 aromatic rings. The van der Waals surface area contributed by atoms with Gasteiger partial charge in [-0.1, -0.05) is 25.4 Å². The van der Waals surface area contributed by atoms with Gasteiger partial charge in [0.05, 0.1) is 0 Å². The molecule has 0 saturated heterocycles. The van der Waals surface area contributed by atoms with Gasteiger partial charge in [-0.25, -0.2) is 9.97 Å². The maximum absolute atomic E-state index is 5.88. The molecule has 0 saturated carbocycles. The van der Waals surface area contributed by atoms with Gasteiger partial charge >= 0.3 is 0 Å². The lowest BCUT2D eigenvalue weighted by Crippen LogP contribution is -2.08. The summed E-state index contributed by atoms with van der Waals surface area (Å²) in [6.45, 7) is 6.76. The number of nitrogens with two attached hydrogens (primary N) is 1. The lowest BCUT2D eigenvalue weighted by molar-refractivity contribution is 0.776. The molecule has 5 heteroatoms. The second kappa shape index (κ2) is 4.46. The molecule has 0 aliphatic carbocycles. The number of nitrogens with zero attached hydrogens (tertiary/aromatic N) is 2. The monoisotopic (exact) mass is 214 g/mol. The largest absolute Gasteiger partial charge is 0.393 e. The number of halogens is 1. The first-order chi connectivity index (χ1) is 6.56. The number of aromatic nitrogens is 2. The molecule has 0 atom stereocenters. The summed E-state index contributed by atoms with van der Waals surface area (Å²) in [4.78, 5) is 8.40. The smallest absolute Gasteiger partial charge is 0.157 e. The van der Waals surface area contributed by atoms with E-state index in [-0.39, 0.29) is 5.92 Å². The van der Waals surface area contributed by atoms with Gasteiger partial charge < -0.3 is 11.1 Å². The van der Waals surface area contributed by atoms with Crippen LogP contribution in [0.2, 0.25) is 5.15 Å². The molecule has 78 valence electrons. The first-order valence-corrected chi connectivity index (χ1v) is 5.00. The van der Waals surface area contributed by atoms with Crippen LogP contribution in [0, 0.1) is 0 Å². The van der Waals surface area contributed by atoms with Crippen molar-refractivity contribution in [3.05, 3.63) is 11.0 Å². The van der Waals surface area contributed by atoms with Crippen molar-refractivity contribution in [3.8, 4) is 0 Å². The minimum absolute atomic E-state index is 0.241. The average Bonchev–Trinajstić information content (AvgIpc) is 2.12. The highest BCUT2D eigenvalue weighted by molar-refractivity contribution is 6.32. The van der Waals surface area contributed by atoms with E-state index in [0.717, 1.165) is 6.54 Å². The molecule has 0 aliphatic rings. The van der Waals surface area contributed by atoms with Crippen LogP contribution in [0.25, 0.3) is 0 Å². The van der Waals surface area contributed by atoms with Crippen molar-refractivity contribution < 1.29 is 0 Å². The third-order valence-corrected chi connectivity index (χ3v) is 2.07. The molecule has 3 N–H and O–H groups in total. The number of nitrogens with one attached hydrogen (secondary N) is 1. The summed E-state index contributed by atoms with van der Waals surface area (Å²) in [6.07, 6.45) is 0. The van der Waals surface area contributed by atoms with E-state index in [1.165, 1.54) is 0 Å². The molecule has 0 amide bonds. The Labute approximate surface area is 88.9 Å². The Kier molecular flexibility index (Phi) is 3.52. The van der Waals surface area contributed by atoms with Crippen LogP contribution in [-0.2, 0) is 0 Å². The summed E-state index contributed by atoms with van der Waals surface area (Å²) in [7, 11) is 0. The highest BCUT2D eigenvalue weighted by Gasteiger charge is 2.11. The van der Waals surface area contributed by atoms with Gasteiger partial charge in [-0.2, -0.15) is 0 Å². The Balaban J connectivity index is 3.14. The second-order valence-corrected chi connectivity index (χ2v) is 3.68. The normalized spacial score (nSPS) is 10.6. The molecular formula is C9H15ClN4. The van der Waals surface area contributed by atoms with Gasteiger partial charge in [0.25, 0.3) is 0 Å². The van der Waals surface area contributed by atoms with Gasteiger partial charge in [0, 0.05) is 12.5 Å². The van der Waals surface area contributed by atoms with Gasteiger partial charge in [-0.15, -0.1) is 0 Å². The van der Waals surface area contributed by atoms with Gasteiger partial charge in [-0.3, -0.25) is 0 Å². The van der Waals surface area contributed by atoms with Gasteiger partial charge in [-0.05, 0) is 6.92 Å². The van der Waals surface area contributed by atoms with E-state index >= 15 is 0 Å². The lowest BCUT2D eigenvalue weighted by atomic mass is 10.2. The summed E-state index contributed by atoms with van der Waals surface area (Å²) in [5.41, 5.74) is 6.13. The summed E-state index contributed by atoms with van der Waals surface area (Å²) in [5, 5.41) is 3.37. The van der Waals surface area contributed by atoms with Crippen LogP contribution < -0.4 is 11.1 Å². The minimum atomic E-state index is 0.241. The van der Waals surface area contributed by atoms with Crippen molar-refractivity contribution in [1.82, 2.24) is 9.97 Å². The van der Waals surface area contributed by atoms with Crippen molar-refractivity contribution in [2.24, 2.45) is 0 Å². The predicted molar refractivity (Wildman–Crippen MR) is 59.7 cm³/mol. The van der Waals surface area contributed by atoms with E-state index in [1.807, 2.05) is 20.8 Å². The SMILES string of the molecule is CCNc1nc(C(C)C)nc(Cl)c1N. The highest BCUT2D eigenvalue weighted by Crippen LogP contribution is 2.25.